The summed E-state index contributed by atoms with van der Waals surface area (Å²) in [6.45, 7) is 1.50. The molecule has 8 heavy (non-hydrogen) atoms. The number of carbonyl (C=O) groups is 1. The molecule has 0 amide bonds. The molecule has 1 unspecified atom stereocenters. The maximum Gasteiger partial charge on any atom is 1.00 e. The fraction of sp³-hybridized carbons (Fsp3) is 0.750. The van der Waals surface area contributed by atoms with Crippen LogP contribution in [0.25, 0.3) is 0 Å². The number of carboxylic acids is 1. The second-order valence-electron chi connectivity index (χ2n) is 1.37. The van der Waals surface area contributed by atoms with Crippen LogP contribution in [-0.2, 0) is 4.79 Å². The fourth-order valence-electron chi connectivity index (χ4n) is 0.0630. The van der Waals surface area contributed by atoms with Gasteiger partial charge in [0, 0.05) is 17.8 Å². The molecule has 0 aromatic carbocycles. The molecule has 0 saturated heterocycles. The van der Waals surface area contributed by atoms with E-state index in [1.165, 1.54) is 6.92 Å². The summed E-state index contributed by atoms with van der Waals surface area (Å²) in [5, 5.41) is 9.73. The second-order valence-corrected chi connectivity index (χ2v) is 1.68. The molecule has 0 radical (unpaired) electrons. The van der Waals surface area contributed by atoms with Gasteiger partial charge < -0.3 is 9.90 Å². The maximum atomic E-state index is 9.73. The second kappa shape index (κ2) is 5.89. The molecule has 0 fully saturated rings. The van der Waals surface area contributed by atoms with Gasteiger partial charge in [-0.3, -0.25) is 0 Å². The van der Waals surface area contributed by atoms with E-state index >= 15 is 0 Å². The van der Waals surface area contributed by atoms with Crippen molar-refractivity contribution >= 4 is 17.6 Å². The van der Waals surface area contributed by atoms with E-state index in [1.807, 2.05) is 0 Å². The SMILES string of the molecule is CC(CCl)C(=O)[O-].[Na+]. The van der Waals surface area contributed by atoms with Crippen LogP contribution in [0, 0.1) is 5.92 Å². The first-order valence-corrected chi connectivity index (χ1v) is 2.48. The van der Waals surface area contributed by atoms with Crippen LogP contribution in [0.15, 0.2) is 0 Å². The van der Waals surface area contributed by atoms with E-state index in [2.05, 4.69) is 0 Å². The molecule has 0 saturated carbocycles. The first-order valence-electron chi connectivity index (χ1n) is 1.95. The number of carbonyl (C=O) groups excluding carboxylic acids is 1. The third-order valence-corrected chi connectivity index (χ3v) is 1.10. The molecular weight excluding hydrogens is 138 g/mol. The Morgan fingerprint density at radius 1 is 1.88 bits per heavy atom. The fourth-order valence-corrected chi connectivity index (χ4v) is 0.189. The van der Waals surface area contributed by atoms with Gasteiger partial charge in [-0.2, -0.15) is 0 Å². The summed E-state index contributed by atoms with van der Waals surface area (Å²) in [5.74, 6) is -1.49. The van der Waals surface area contributed by atoms with Crippen molar-refractivity contribution in [2.75, 3.05) is 5.88 Å². The minimum absolute atomic E-state index is 0. The van der Waals surface area contributed by atoms with Gasteiger partial charge in [0.2, 0.25) is 0 Å². The monoisotopic (exact) mass is 144 g/mol. The van der Waals surface area contributed by atoms with Gasteiger partial charge in [-0.1, -0.05) is 6.92 Å². The van der Waals surface area contributed by atoms with Crippen molar-refractivity contribution in [3.63, 3.8) is 0 Å². The minimum atomic E-state index is -1.09. The molecule has 0 bridgehead atoms. The maximum absolute atomic E-state index is 9.73. The topological polar surface area (TPSA) is 40.1 Å². The Kier molecular flexibility index (Phi) is 8.50. The van der Waals surface area contributed by atoms with Gasteiger partial charge in [-0.15, -0.1) is 11.6 Å². The Hall–Kier alpha value is 0.760. The predicted octanol–water partition coefficient (Wildman–Crippen LogP) is -3.38. The van der Waals surface area contributed by atoms with Crippen LogP contribution in [0.2, 0.25) is 0 Å². The number of alkyl halides is 1. The molecule has 0 aromatic heterocycles. The van der Waals surface area contributed by atoms with Crippen LogP contribution >= 0.6 is 11.6 Å². The number of hydrogen-bond acceptors (Lipinski definition) is 2. The zero-order valence-electron chi connectivity index (χ0n) is 4.98. The first kappa shape index (κ1) is 11.5. The van der Waals surface area contributed by atoms with E-state index < -0.39 is 11.9 Å². The molecule has 1 atom stereocenters. The Bertz CT molecular complexity index is 76.4. The van der Waals surface area contributed by atoms with Crippen LogP contribution < -0.4 is 34.7 Å². The predicted molar refractivity (Wildman–Crippen MR) is 24.9 cm³/mol. The number of rotatable bonds is 2. The minimum Gasteiger partial charge on any atom is -0.550 e. The van der Waals surface area contributed by atoms with Gasteiger partial charge in [0.15, 0.2) is 0 Å². The van der Waals surface area contributed by atoms with E-state index in [4.69, 9.17) is 11.6 Å². The average Bonchev–Trinajstić information content (AvgIpc) is 1.65. The molecule has 0 aliphatic carbocycles. The van der Waals surface area contributed by atoms with E-state index in [1.54, 1.807) is 0 Å². The first-order chi connectivity index (χ1) is 3.18. The molecule has 0 spiro atoms. The van der Waals surface area contributed by atoms with Gasteiger partial charge in [0.05, 0.1) is 0 Å². The number of carboxylic acid groups (broad SMARTS) is 1. The molecule has 4 heteroatoms. The van der Waals surface area contributed by atoms with Gasteiger partial charge in [0.25, 0.3) is 0 Å². The molecule has 42 valence electrons. The van der Waals surface area contributed by atoms with Gasteiger partial charge in [-0.25, -0.2) is 0 Å². The summed E-state index contributed by atoms with van der Waals surface area (Å²) in [5.41, 5.74) is 0. The Morgan fingerprint density at radius 3 is 2.25 bits per heavy atom. The summed E-state index contributed by atoms with van der Waals surface area (Å²) >= 11 is 5.13. The molecule has 2 nitrogen and oxygen atoms in total. The van der Waals surface area contributed by atoms with Gasteiger partial charge in [-0.05, 0) is 0 Å². The normalized spacial score (nSPS) is 11.8. The molecule has 0 N–H and O–H groups in total. The summed E-state index contributed by atoms with van der Waals surface area (Å²) in [6, 6.07) is 0. The van der Waals surface area contributed by atoms with Gasteiger partial charge >= 0.3 is 29.6 Å². The zero-order valence-corrected chi connectivity index (χ0v) is 7.73. The largest absolute Gasteiger partial charge is 1.00 e. The van der Waals surface area contributed by atoms with Crippen molar-refractivity contribution in [3.05, 3.63) is 0 Å². The van der Waals surface area contributed by atoms with E-state index in [0.29, 0.717) is 0 Å². The van der Waals surface area contributed by atoms with Gasteiger partial charge in [0.1, 0.15) is 0 Å². The van der Waals surface area contributed by atoms with Crippen LogP contribution in [-0.4, -0.2) is 11.8 Å². The molecule has 0 aromatic rings. The smallest absolute Gasteiger partial charge is 0.550 e. The van der Waals surface area contributed by atoms with E-state index in [-0.39, 0.29) is 35.4 Å². The molecule has 0 aliphatic heterocycles. The van der Waals surface area contributed by atoms with Crippen molar-refractivity contribution < 1.29 is 39.5 Å². The van der Waals surface area contributed by atoms with Crippen LogP contribution in [0.1, 0.15) is 6.92 Å². The quantitative estimate of drug-likeness (QED) is 0.300. The summed E-state index contributed by atoms with van der Waals surface area (Å²) in [4.78, 5) is 9.73. The standard InChI is InChI=1S/C4H7ClO2.Na/c1-3(2-5)4(6)7;/h3H,2H2,1H3,(H,6,7);/q;+1/p-1. The van der Waals surface area contributed by atoms with Crippen LogP contribution in [0.5, 0.6) is 0 Å². The third-order valence-electron chi connectivity index (χ3n) is 0.634. The Labute approximate surface area is 75.5 Å². The molecule has 0 aliphatic rings. The third kappa shape index (κ3) is 4.91. The van der Waals surface area contributed by atoms with Crippen molar-refractivity contribution in [1.82, 2.24) is 0 Å². The van der Waals surface area contributed by atoms with Crippen molar-refractivity contribution in [2.24, 2.45) is 5.92 Å². The Morgan fingerprint density at radius 2 is 2.25 bits per heavy atom. The number of halogens is 1. The molecule has 0 rings (SSSR count). The van der Waals surface area contributed by atoms with Crippen LogP contribution in [0.4, 0.5) is 0 Å². The van der Waals surface area contributed by atoms with Crippen molar-refractivity contribution in [1.29, 1.82) is 0 Å². The molecule has 0 heterocycles. The Balaban J connectivity index is 0. The van der Waals surface area contributed by atoms with Crippen LogP contribution in [0.3, 0.4) is 0 Å². The van der Waals surface area contributed by atoms with E-state index in [9.17, 15) is 9.90 Å². The number of hydrogen-bond donors (Lipinski definition) is 0. The summed E-state index contributed by atoms with van der Waals surface area (Å²) in [6.07, 6.45) is 0. The van der Waals surface area contributed by atoms with E-state index in [0.717, 1.165) is 0 Å². The van der Waals surface area contributed by atoms with Crippen molar-refractivity contribution in [2.45, 2.75) is 6.92 Å². The zero-order chi connectivity index (χ0) is 5.86. The van der Waals surface area contributed by atoms with Crippen molar-refractivity contribution in [3.8, 4) is 0 Å². The summed E-state index contributed by atoms with van der Waals surface area (Å²) < 4.78 is 0. The average molecular weight is 145 g/mol. The summed E-state index contributed by atoms with van der Waals surface area (Å²) in [7, 11) is 0. The number of aliphatic carboxylic acids is 1. The molecular formula is C4H6ClNaO2.